The van der Waals surface area contributed by atoms with Crippen LogP contribution in [0.1, 0.15) is 43.4 Å². The molecule has 0 aliphatic heterocycles. The Labute approximate surface area is 136 Å². The summed E-state index contributed by atoms with van der Waals surface area (Å²) < 4.78 is 0. The molecule has 114 valence electrons. The second kappa shape index (κ2) is 6.13. The molecule has 1 fully saturated rings. The largest absolute Gasteiger partial charge is 0.349 e. The second-order valence-corrected chi connectivity index (χ2v) is 6.43. The van der Waals surface area contributed by atoms with Gasteiger partial charge >= 0.3 is 0 Å². The Morgan fingerprint density at radius 2 is 1.73 bits per heavy atom. The lowest BCUT2D eigenvalue weighted by atomic mass is 9.63. The van der Waals surface area contributed by atoms with Crippen LogP contribution in [0.5, 0.6) is 0 Å². The van der Waals surface area contributed by atoms with Crippen molar-refractivity contribution >= 4 is 17.5 Å². The van der Waals surface area contributed by atoms with Crippen molar-refractivity contribution in [1.29, 1.82) is 0 Å². The molecule has 1 saturated carbocycles. The number of hydrogen-bond donors (Lipinski definition) is 1. The summed E-state index contributed by atoms with van der Waals surface area (Å²) in [5.74, 6) is 0.109. The topological polar surface area (TPSA) is 29.1 Å². The van der Waals surface area contributed by atoms with Crippen molar-refractivity contribution in [2.75, 3.05) is 0 Å². The van der Waals surface area contributed by atoms with Crippen molar-refractivity contribution in [2.45, 2.75) is 37.6 Å². The first-order valence-electron chi connectivity index (χ1n) is 7.74. The molecule has 0 spiro atoms. The van der Waals surface area contributed by atoms with Gasteiger partial charge in [0, 0.05) is 5.02 Å². The lowest BCUT2D eigenvalue weighted by Gasteiger charge is -2.41. The van der Waals surface area contributed by atoms with Crippen LogP contribution in [0.4, 0.5) is 0 Å². The van der Waals surface area contributed by atoms with E-state index in [1.54, 1.807) is 0 Å². The van der Waals surface area contributed by atoms with Crippen LogP contribution < -0.4 is 5.32 Å². The summed E-state index contributed by atoms with van der Waals surface area (Å²) >= 11 is 6.23. The highest BCUT2D eigenvalue weighted by Gasteiger charge is 2.45. The Kier molecular flexibility index (Phi) is 4.21. The minimum atomic E-state index is -0.364. The van der Waals surface area contributed by atoms with E-state index in [1.165, 1.54) is 0 Å². The van der Waals surface area contributed by atoms with Gasteiger partial charge in [0.05, 0.1) is 11.5 Å². The predicted octanol–water partition coefficient (Wildman–Crippen LogP) is 4.64. The molecule has 0 heterocycles. The molecule has 3 rings (SSSR count). The number of carbonyl (C=O) groups excluding carboxylic acids is 1. The van der Waals surface area contributed by atoms with Gasteiger partial charge in [-0.3, -0.25) is 4.79 Å². The number of hydrogen-bond acceptors (Lipinski definition) is 1. The maximum absolute atomic E-state index is 12.9. The van der Waals surface area contributed by atoms with E-state index < -0.39 is 0 Å². The first-order chi connectivity index (χ1) is 10.6. The van der Waals surface area contributed by atoms with Crippen LogP contribution in [0, 0.1) is 0 Å². The summed E-state index contributed by atoms with van der Waals surface area (Å²) in [4.78, 5) is 12.9. The van der Waals surface area contributed by atoms with E-state index in [1.807, 2.05) is 49.4 Å². The Morgan fingerprint density at radius 3 is 2.32 bits per heavy atom. The highest BCUT2D eigenvalue weighted by atomic mass is 35.5. The molecule has 22 heavy (non-hydrogen) atoms. The zero-order chi connectivity index (χ0) is 15.6. The number of halogens is 1. The third kappa shape index (κ3) is 2.64. The molecule has 0 aromatic heterocycles. The van der Waals surface area contributed by atoms with Gasteiger partial charge in [0.2, 0.25) is 5.91 Å². The molecule has 1 N–H and O–H groups in total. The zero-order valence-electron chi connectivity index (χ0n) is 12.7. The molecule has 0 saturated heterocycles. The van der Waals surface area contributed by atoms with Crippen molar-refractivity contribution < 1.29 is 4.79 Å². The lowest BCUT2D eigenvalue weighted by molar-refractivity contribution is -0.130. The smallest absolute Gasteiger partial charge is 0.231 e. The van der Waals surface area contributed by atoms with E-state index >= 15 is 0 Å². The molecular weight excluding hydrogens is 294 g/mol. The molecule has 2 aromatic carbocycles. The molecule has 0 radical (unpaired) electrons. The highest BCUT2D eigenvalue weighted by Crippen LogP contribution is 2.44. The first kappa shape index (κ1) is 15.1. The third-order valence-corrected chi connectivity index (χ3v) is 5.03. The van der Waals surface area contributed by atoms with Crippen LogP contribution in [0.25, 0.3) is 0 Å². The number of benzene rings is 2. The van der Waals surface area contributed by atoms with E-state index in [2.05, 4.69) is 17.4 Å². The average molecular weight is 314 g/mol. The molecule has 1 atom stereocenters. The fourth-order valence-electron chi connectivity index (χ4n) is 3.17. The van der Waals surface area contributed by atoms with Gasteiger partial charge in [-0.15, -0.1) is 0 Å². The standard InChI is InChI=1S/C19H20ClNO/c1-14(16-10-5-6-11-17(16)20)21-18(22)19(12-7-13-19)15-8-3-2-4-9-15/h2-6,8-11,14H,7,12-13H2,1H3,(H,21,22). The molecule has 1 aliphatic carbocycles. The van der Waals surface area contributed by atoms with E-state index in [0.717, 1.165) is 30.4 Å². The van der Waals surface area contributed by atoms with Crippen LogP contribution in [0.15, 0.2) is 54.6 Å². The summed E-state index contributed by atoms with van der Waals surface area (Å²) in [6.45, 7) is 1.98. The Balaban J connectivity index is 1.80. The monoisotopic (exact) mass is 313 g/mol. The van der Waals surface area contributed by atoms with Crippen LogP contribution in [0.2, 0.25) is 5.02 Å². The maximum atomic E-state index is 12.9. The average Bonchev–Trinajstić information content (AvgIpc) is 2.47. The van der Waals surface area contributed by atoms with Gasteiger partial charge in [0.1, 0.15) is 0 Å². The van der Waals surface area contributed by atoms with Gasteiger partial charge in [-0.1, -0.05) is 66.6 Å². The number of amides is 1. The van der Waals surface area contributed by atoms with Crippen molar-refractivity contribution in [3.05, 3.63) is 70.7 Å². The van der Waals surface area contributed by atoms with Gasteiger partial charge < -0.3 is 5.32 Å². The van der Waals surface area contributed by atoms with E-state index in [-0.39, 0.29) is 17.4 Å². The summed E-state index contributed by atoms with van der Waals surface area (Å²) in [5.41, 5.74) is 1.71. The highest BCUT2D eigenvalue weighted by molar-refractivity contribution is 6.31. The van der Waals surface area contributed by atoms with E-state index in [0.29, 0.717) is 5.02 Å². The minimum Gasteiger partial charge on any atom is -0.349 e. The summed E-state index contributed by atoms with van der Waals surface area (Å²) in [6.07, 6.45) is 2.93. The summed E-state index contributed by atoms with van der Waals surface area (Å²) in [7, 11) is 0. The second-order valence-electron chi connectivity index (χ2n) is 6.02. The maximum Gasteiger partial charge on any atom is 0.231 e. The molecular formula is C19H20ClNO. The van der Waals surface area contributed by atoms with Crippen LogP contribution >= 0.6 is 11.6 Å². The molecule has 1 amide bonds. The SMILES string of the molecule is CC(NC(=O)C1(c2ccccc2)CCC1)c1ccccc1Cl. The van der Waals surface area contributed by atoms with Gasteiger partial charge in [-0.05, 0) is 37.0 Å². The van der Waals surface area contributed by atoms with Gasteiger partial charge in [-0.25, -0.2) is 0 Å². The fourth-order valence-corrected chi connectivity index (χ4v) is 3.47. The molecule has 3 heteroatoms. The zero-order valence-corrected chi connectivity index (χ0v) is 13.4. The van der Waals surface area contributed by atoms with Crippen LogP contribution in [-0.2, 0) is 10.2 Å². The molecule has 2 aromatic rings. The van der Waals surface area contributed by atoms with Gasteiger partial charge in [-0.2, -0.15) is 0 Å². The number of nitrogens with one attached hydrogen (secondary N) is 1. The fraction of sp³-hybridized carbons (Fsp3) is 0.316. The molecule has 1 aliphatic rings. The number of rotatable bonds is 4. The lowest BCUT2D eigenvalue weighted by Crippen LogP contribution is -2.49. The van der Waals surface area contributed by atoms with Crippen molar-refractivity contribution in [3.8, 4) is 0 Å². The number of carbonyl (C=O) groups is 1. The summed E-state index contributed by atoms with van der Waals surface area (Å²) in [5, 5.41) is 3.85. The molecule has 1 unspecified atom stereocenters. The van der Waals surface area contributed by atoms with Crippen LogP contribution in [0.3, 0.4) is 0 Å². The predicted molar refractivity (Wildman–Crippen MR) is 90.0 cm³/mol. The Morgan fingerprint density at radius 1 is 1.09 bits per heavy atom. The van der Waals surface area contributed by atoms with E-state index in [9.17, 15) is 4.79 Å². The van der Waals surface area contributed by atoms with Crippen molar-refractivity contribution in [2.24, 2.45) is 0 Å². The third-order valence-electron chi connectivity index (χ3n) is 4.69. The van der Waals surface area contributed by atoms with Crippen molar-refractivity contribution in [3.63, 3.8) is 0 Å². The summed E-state index contributed by atoms with van der Waals surface area (Å²) in [6, 6.07) is 17.7. The van der Waals surface area contributed by atoms with Crippen molar-refractivity contribution in [1.82, 2.24) is 5.32 Å². The minimum absolute atomic E-state index is 0.0950. The van der Waals surface area contributed by atoms with Gasteiger partial charge in [0.25, 0.3) is 0 Å². The van der Waals surface area contributed by atoms with Crippen LogP contribution in [-0.4, -0.2) is 5.91 Å². The Bertz CT molecular complexity index is 664. The Hall–Kier alpha value is -1.80. The first-order valence-corrected chi connectivity index (χ1v) is 8.12. The van der Waals surface area contributed by atoms with Gasteiger partial charge in [0.15, 0.2) is 0 Å². The molecule has 2 nitrogen and oxygen atoms in total. The van der Waals surface area contributed by atoms with E-state index in [4.69, 9.17) is 11.6 Å². The normalized spacial score (nSPS) is 17.4. The quantitative estimate of drug-likeness (QED) is 0.875. The molecule has 0 bridgehead atoms.